The van der Waals surface area contributed by atoms with Gasteiger partial charge in [-0.3, -0.25) is 14.6 Å². The van der Waals surface area contributed by atoms with Crippen molar-refractivity contribution in [3.8, 4) is 0 Å². The van der Waals surface area contributed by atoms with Crippen molar-refractivity contribution in [2.24, 2.45) is 17.2 Å². The number of rotatable bonds is 7. The summed E-state index contributed by atoms with van der Waals surface area (Å²) in [6.07, 6.45) is 3.03. The number of carbonyl (C=O) groups is 2. The second kappa shape index (κ2) is 10.7. The largest absolute Gasteiger partial charge is 0.480 e. The Morgan fingerprint density at radius 3 is 2.19 bits per heavy atom. The summed E-state index contributed by atoms with van der Waals surface area (Å²) in [5, 5.41) is 16.7. The topological polar surface area (TPSA) is 166 Å². The Labute approximate surface area is 123 Å². The first-order valence-corrected chi connectivity index (χ1v) is 6.45. The van der Waals surface area contributed by atoms with Crippen molar-refractivity contribution < 1.29 is 19.8 Å². The fourth-order valence-electron chi connectivity index (χ4n) is 1.29. The van der Waals surface area contributed by atoms with Crippen LogP contribution in [0.2, 0.25) is 0 Å². The number of hydrogen-bond donors (Lipinski definition) is 5. The van der Waals surface area contributed by atoms with Crippen LogP contribution >= 0.6 is 0 Å². The van der Waals surface area contributed by atoms with Crippen LogP contribution in [0.25, 0.3) is 0 Å². The lowest BCUT2D eigenvalue weighted by atomic mass is 10.1. The van der Waals surface area contributed by atoms with Gasteiger partial charge in [0.2, 0.25) is 0 Å². The molecule has 2 atom stereocenters. The maximum atomic E-state index is 10.4. The highest BCUT2D eigenvalue weighted by atomic mass is 16.4. The third-order valence-electron chi connectivity index (χ3n) is 2.51. The summed E-state index contributed by atoms with van der Waals surface area (Å²) in [5.74, 6) is -1.95. The standard InChI is InChI=1S/C8H10N2O2.C5H12N2O2/c9-7(8(11)12)5-6-3-1-2-4-10-6;6-3-1-2-4(7)5(8)9/h1-4,7H,5,9H2,(H,11,12);4H,1-3,6-7H2,(H,8,9)/t7-;4-/m00/s1. The van der Waals surface area contributed by atoms with Crippen molar-refractivity contribution >= 4 is 11.9 Å². The third kappa shape index (κ3) is 9.50. The minimum Gasteiger partial charge on any atom is -0.480 e. The van der Waals surface area contributed by atoms with Gasteiger partial charge in [-0.1, -0.05) is 6.07 Å². The molecule has 21 heavy (non-hydrogen) atoms. The van der Waals surface area contributed by atoms with Crippen molar-refractivity contribution in [1.29, 1.82) is 0 Å². The predicted octanol–water partition coefficient (Wildman–Crippen LogP) is -0.827. The molecular formula is C13H22N4O4. The van der Waals surface area contributed by atoms with Crippen LogP contribution in [0.5, 0.6) is 0 Å². The van der Waals surface area contributed by atoms with Crippen LogP contribution in [0, 0.1) is 0 Å². The molecule has 0 aliphatic rings. The Bertz CT molecular complexity index is 427. The van der Waals surface area contributed by atoms with Gasteiger partial charge in [0.1, 0.15) is 12.1 Å². The van der Waals surface area contributed by atoms with E-state index in [1.54, 1.807) is 24.4 Å². The lowest BCUT2D eigenvalue weighted by Gasteiger charge is -2.03. The van der Waals surface area contributed by atoms with E-state index >= 15 is 0 Å². The van der Waals surface area contributed by atoms with Gasteiger partial charge in [-0.25, -0.2) is 0 Å². The zero-order chi connectivity index (χ0) is 16.3. The van der Waals surface area contributed by atoms with Gasteiger partial charge in [0.25, 0.3) is 0 Å². The molecule has 8 nitrogen and oxygen atoms in total. The molecule has 0 aliphatic carbocycles. The number of nitrogens with zero attached hydrogens (tertiary/aromatic N) is 1. The molecule has 0 saturated heterocycles. The summed E-state index contributed by atoms with van der Waals surface area (Å²) >= 11 is 0. The van der Waals surface area contributed by atoms with Crippen LogP contribution < -0.4 is 17.2 Å². The van der Waals surface area contributed by atoms with Gasteiger partial charge in [-0.15, -0.1) is 0 Å². The highest BCUT2D eigenvalue weighted by Gasteiger charge is 2.11. The first kappa shape index (κ1) is 19.0. The van der Waals surface area contributed by atoms with E-state index in [-0.39, 0.29) is 6.42 Å². The minimum atomic E-state index is -0.999. The summed E-state index contributed by atoms with van der Waals surface area (Å²) in [7, 11) is 0. The molecule has 118 valence electrons. The van der Waals surface area contributed by atoms with Crippen molar-refractivity contribution in [2.75, 3.05) is 6.54 Å². The van der Waals surface area contributed by atoms with Gasteiger partial charge in [-0.2, -0.15) is 0 Å². The monoisotopic (exact) mass is 298 g/mol. The Hall–Kier alpha value is -2.03. The average Bonchev–Trinajstić information content (AvgIpc) is 2.46. The molecule has 0 aliphatic heterocycles. The smallest absolute Gasteiger partial charge is 0.320 e. The maximum absolute atomic E-state index is 10.4. The van der Waals surface area contributed by atoms with E-state index in [4.69, 9.17) is 27.4 Å². The molecule has 8 heteroatoms. The molecule has 0 spiro atoms. The second-order valence-electron chi connectivity index (χ2n) is 4.35. The maximum Gasteiger partial charge on any atom is 0.320 e. The number of carboxylic acids is 2. The zero-order valence-corrected chi connectivity index (χ0v) is 11.7. The molecule has 8 N–H and O–H groups in total. The van der Waals surface area contributed by atoms with Gasteiger partial charge in [0, 0.05) is 18.3 Å². The van der Waals surface area contributed by atoms with Crippen molar-refractivity contribution in [2.45, 2.75) is 31.3 Å². The lowest BCUT2D eigenvalue weighted by molar-refractivity contribution is -0.139. The van der Waals surface area contributed by atoms with Crippen molar-refractivity contribution in [3.63, 3.8) is 0 Å². The normalized spacial score (nSPS) is 12.7. The first-order chi connectivity index (χ1) is 9.88. The Balaban J connectivity index is 0.000000400. The fraction of sp³-hybridized carbons (Fsp3) is 0.462. The number of carboxylic acid groups (broad SMARTS) is 2. The van der Waals surface area contributed by atoms with E-state index in [1.165, 1.54) is 0 Å². The summed E-state index contributed by atoms with van der Waals surface area (Å²) in [6.45, 7) is 0.501. The highest BCUT2D eigenvalue weighted by Crippen LogP contribution is 1.97. The molecule has 1 rings (SSSR count). The third-order valence-corrected chi connectivity index (χ3v) is 2.51. The van der Waals surface area contributed by atoms with E-state index in [9.17, 15) is 9.59 Å². The summed E-state index contributed by atoms with van der Waals surface area (Å²) in [4.78, 5) is 24.3. The molecule has 0 amide bonds. The van der Waals surface area contributed by atoms with E-state index in [1.807, 2.05) is 0 Å². The quantitative estimate of drug-likeness (QED) is 0.435. The summed E-state index contributed by atoms with van der Waals surface area (Å²) in [6, 6.07) is 3.73. The Morgan fingerprint density at radius 1 is 1.14 bits per heavy atom. The van der Waals surface area contributed by atoms with Crippen LogP contribution in [0.3, 0.4) is 0 Å². The van der Waals surface area contributed by atoms with Crippen LogP contribution in [-0.2, 0) is 16.0 Å². The summed E-state index contributed by atoms with van der Waals surface area (Å²) < 4.78 is 0. The van der Waals surface area contributed by atoms with E-state index in [0.717, 1.165) is 0 Å². The molecule has 1 heterocycles. The van der Waals surface area contributed by atoms with Crippen molar-refractivity contribution in [1.82, 2.24) is 4.98 Å². The van der Waals surface area contributed by atoms with Crippen LogP contribution in [0.15, 0.2) is 24.4 Å². The summed E-state index contributed by atoms with van der Waals surface area (Å²) in [5.41, 5.74) is 16.3. The number of pyridine rings is 1. The molecule has 1 aromatic heterocycles. The molecule has 0 bridgehead atoms. The number of aliphatic carboxylic acids is 2. The van der Waals surface area contributed by atoms with Crippen LogP contribution in [0.1, 0.15) is 18.5 Å². The van der Waals surface area contributed by atoms with E-state index in [0.29, 0.717) is 25.1 Å². The predicted molar refractivity (Wildman–Crippen MR) is 77.5 cm³/mol. The average molecular weight is 298 g/mol. The lowest BCUT2D eigenvalue weighted by Crippen LogP contribution is -2.32. The minimum absolute atomic E-state index is 0.274. The molecule has 1 aromatic rings. The van der Waals surface area contributed by atoms with Crippen molar-refractivity contribution in [3.05, 3.63) is 30.1 Å². The van der Waals surface area contributed by atoms with Crippen LogP contribution in [-0.4, -0.2) is 45.8 Å². The molecule has 0 unspecified atom stereocenters. The molecule has 0 fully saturated rings. The van der Waals surface area contributed by atoms with Gasteiger partial charge in [0.15, 0.2) is 0 Å². The zero-order valence-electron chi connectivity index (χ0n) is 11.7. The Morgan fingerprint density at radius 2 is 1.76 bits per heavy atom. The number of hydrogen-bond acceptors (Lipinski definition) is 6. The van der Waals surface area contributed by atoms with Gasteiger partial charge in [0.05, 0.1) is 0 Å². The molecule has 0 radical (unpaired) electrons. The van der Waals surface area contributed by atoms with Gasteiger partial charge in [-0.05, 0) is 31.5 Å². The molecule has 0 saturated carbocycles. The Kier molecular flexibility index (Phi) is 9.69. The highest BCUT2D eigenvalue weighted by molar-refractivity contribution is 5.73. The second-order valence-corrected chi connectivity index (χ2v) is 4.35. The first-order valence-electron chi connectivity index (χ1n) is 6.45. The van der Waals surface area contributed by atoms with E-state index in [2.05, 4.69) is 4.98 Å². The SMILES string of the molecule is NCCC[C@H](N)C(=O)O.N[C@@H](Cc1ccccn1)C(=O)O. The van der Waals surface area contributed by atoms with Gasteiger partial charge < -0.3 is 27.4 Å². The van der Waals surface area contributed by atoms with Gasteiger partial charge >= 0.3 is 11.9 Å². The van der Waals surface area contributed by atoms with Crippen LogP contribution in [0.4, 0.5) is 0 Å². The molecule has 0 aromatic carbocycles. The number of nitrogens with two attached hydrogens (primary N) is 3. The van der Waals surface area contributed by atoms with E-state index < -0.39 is 24.0 Å². The molecular weight excluding hydrogens is 276 g/mol. The number of aromatic nitrogens is 1. The fourth-order valence-corrected chi connectivity index (χ4v) is 1.29.